The van der Waals surface area contributed by atoms with Crippen molar-refractivity contribution >= 4 is 17.5 Å². The molecule has 11 nitrogen and oxygen atoms in total. The van der Waals surface area contributed by atoms with E-state index in [9.17, 15) is 23.2 Å². The molecule has 0 atom stereocenters. The molecule has 0 aliphatic carbocycles. The molecule has 0 spiro atoms. The summed E-state index contributed by atoms with van der Waals surface area (Å²) in [6.07, 6.45) is -2.95. The first-order valence-corrected chi connectivity index (χ1v) is 14.7. The van der Waals surface area contributed by atoms with Crippen molar-refractivity contribution in [2.45, 2.75) is 25.7 Å². The lowest BCUT2D eigenvalue weighted by atomic mass is 9.97. The van der Waals surface area contributed by atoms with Gasteiger partial charge < -0.3 is 15.2 Å². The van der Waals surface area contributed by atoms with Crippen LogP contribution in [0.2, 0.25) is 0 Å². The van der Waals surface area contributed by atoms with Crippen LogP contribution in [0.5, 0.6) is 0 Å². The number of carbonyl (C=O) groups is 1. The molecule has 46 heavy (non-hydrogen) atoms. The third-order valence-electron chi connectivity index (χ3n) is 8.07. The van der Waals surface area contributed by atoms with Crippen molar-refractivity contribution in [3.05, 3.63) is 76.6 Å². The molecule has 0 unspecified atom stereocenters. The Labute approximate surface area is 262 Å². The number of carbonyl (C=O) groups excluding carboxylic acids is 1. The number of hydrogen-bond donors (Lipinski definition) is 2. The summed E-state index contributed by atoms with van der Waals surface area (Å²) in [5.41, 5.74) is 1.63. The minimum Gasteiger partial charge on any atom is -0.369 e. The smallest absolute Gasteiger partial charge is 0.369 e. The first kappa shape index (κ1) is 30.7. The Morgan fingerprint density at radius 2 is 1.85 bits per heavy atom. The van der Waals surface area contributed by atoms with Gasteiger partial charge in [0.15, 0.2) is 5.82 Å². The van der Waals surface area contributed by atoms with E-state index in [0.717, 1.165) is 19.2 Å². The number of rotatable bonds is 8. The van der Waals surface area contributed by atoms with E-state index in [4.69, 9.17) is 5.26 Å². The van der Waals surface area contributed by atoms with Crippen molar-refractivity contribution < 1.29 is 18.0 Å². The monoisotopic (exact) mass is 626 g/mol. The highest BCUT2D eigenvalue weighted by Crippen LogP contribution is 2.41. The highest BCUT2D eigenvalue weighted by Gasteiger charge is 2.41. The Bertz CT molecular complexity index is 1880. The molecule has 2 aromatic carbocycles. The molecule has 6 rings (SSSR count). The van der Waals surface area contributed by atoms with E-state index in [1.54, 1.807) is 54.3 Å². The first-order valence-electron chi connectivity index (χ1n) is 14.7. The number of nitrogens with zero attached hydrogens (tertiary/aromatic N) is 8. The average molecular weight is 627 g/mol. The van der Waals surface area contributed by atoms with Crippen LogP contribution < -0.4 is 15.5 Å². The molecule has 14 heteroatoms. The Kier molecular flexibility index (Phi) is 8.41. The lowest BCUT2D eigenvalue weighted by Gasteiger charge is -2.27. The predicted octanol–water partition coefficient (Wildman–Crippen LogP) is 4.33. The third kappa shape index (κ3) is 6.13. The standard InChI is InChI=1S/C32H29F3N10O/c1-43-19-40-42-30(43)23-4-3-20(16-37)11-24(23)22-14-28(39-6-2-5-36)41-29(15-22)45-18-26-25(31(45)46)12-21(13-27(26)32(33,34)35)17-44-9-7-38-8-10-44/h3-4,11-15,19,38H,2,6-10,17-18H2,1H3,(H,39,41). The number of halogens is 3. The van der Waals surface area contributed by atoms with E-state index < -0.39 is 17.6 Å². The van der Waals surface area contributed by atoms with E-state index in [-0.39, 0.29) is 36.5 Å². The molecule has 1 amide bonds. The Balaban J connectivity index is 1.45. The van der Waals surface area contributed by atoms with Gasteiger partial charge in [-0.2, -0.15) is 23.7 Å². The van der Waals surface area contributed by atoms with Crippen LogP contribution in [0, 0.1) is 22.7 Å². The van der Waals surface area contributed by atoms with E-state index in [1.165, 1.54) is 4.90 Å². The van der Waals surface area contributed by atoms with Gasteiger partial charge in [-0.3, -0.25) is 14.6 Å². The molecule has 4 aromatic rings. The highest BCUT2D eigenvalue weighted by atomic mass is 19.4. The maximum absolute atomic E-state index is 14.4. The van der Waals surface area contributed by atoms with Gasteiger partial charge in [0.05, 0.1) is 36.2 Å². The van der Waals surface area contributed by atoms with Crippen LogP contribution in [-0.4, -0.2) is 63.3 Å². The Morgan fingerprint density at radius 3 is 2.54 bits per heavy atom. The predicted molar refractivity (Wildman–Crippen MR) is 163 cm³/mol. The molecule has 2 aliphatic heterocycles. The summed E-state index contributed by atoms with van der Waals surface area (Å²) in [6, 6.07) is 15.3. The van der Waals surface area contributed by atoms with Crippen LogP contribution in [0.4, 0.5) is 24.8 Å². The number of nitriles is 2. The normalized spacial score (nSPS) is 15.0. The molecule has 0 saturated carbocycles. The summed E-state index contributed by atoms with van der Waals surface area (Å²) in [5, 5.41) is 33.2. The zero-order valence-electron chi connectivity index (χ0n) is 24.9. The van der Waals surface area contributed by atoms with E-state index in [1.807, 2.05) is 0 Å². The van der Waals surface area contributed by atoms with Crippen LogP contribution in [0.15, 0.2) is 48.8 Å². The zero-order valence-corrected chi connectivity index (χ0v) is 24.9. The number of benzene rings is 2. The third-order valence-corrected chi connectivity index (χ3v) is 8.07. The average Bonchev–Trinajstić information content (AvgIpc) is 3.63. The van der Waals surface area contributed by atoms with Crippen molar-refractivity contribution in [3.63, 3.8) is 0 Å². The summed E-state index contributed by atoms with van der Waals surface area (Å²) in [6.45, 7) is 3.10. The molecule has 1 fully saturated rings. The number of amides is 1. The van der Waals surface area contributed by atoms with Crippen molar-refractivity contribution in [1.82, 2.24) is 30.0 Å². The Morgan fingerprint density at radius 1 is 1.04 bits per heavy atom. The lowest BCUT2D eigenvalue weighted by Crippen LogP contribution is -2.42. The number of alkyl halides is 3. The molecule has 2 aliphatic rings. The fourth-order valence-electron chi connectivity index (χ4n) is 5.85. The largest absolute Gasteiger partial charge is 0.416 e. The van der Waals surface area contributed by atoms with Crippen LogP contribution in [-0.2, 0) is 26.3 Å². The van der Waals surface area contributed by atoms with Gasteiger partial charge in [-0.1, -0.05) is 0 Å². The summed E-state index contributed by atoms with van der Waals surface area (Å²) in [4.78, 5) is 21.8. The van der Waals surface area contributed by atoms with Gasteiger partial charge in [0, 0.05) is 57.4 Å². The summed E-state index contributed by atoms with van der Waals surface area (Å²) < 4.78 is 45.0. The van der Waals surface area contributed by atoms with Gasteiger partial charge in [-0.15, -0.1) is 10.2 Å². The molecule has 2 aromatic heterocycles. The number of anilines is 2. The molecule has 0 bridgehead atoms. The van der Waals surface area contributed by atoms with E-state index >= 15 is 0 Å². The second-order valence-electron chi connectivity index (χ2n) is 11.2. The molecule has 234 valence electrons. The molecular formula is C32H29F3N10O. The number of piperazine rings is 1. The molecule has 2 N–H and O–H groups in total. The van der Waals surface area contributed by atoms with Gasteiger partial charge in [0.1, 0.15) is 18.0 Å². The maximum Gasteiger partial charge on any atom is 0.416 e. The number of aryl methyl sites for hydroxylation is 1. The van der Waals surface area contributed by atoms with Gasteiger partial charge in [-0.25, -0.2) is 4.98 Å². The minimum atomic E-state index is -4.66. The topological polar surface area (TPSA) is 139 Å². The van der Waals surface area contributed by atoms with Crippen LogP contribution in [0.1, 0.15) is 39.0 Å². The molecule has 0 radical (unpaired) electrons. The number of aromatic nitrogens is 4. The van der Waals surface area contributed by atoms with E-state index in [2.05, 4.69) is 42.9 Å². The number of pyridine rings is 1. The number of hydrogen-bond acceptors (Lipinski definition) is 9. The highest BCUT2D eigenvalue weighted by molar-refractivity contribution is 6.10. The van der Waals surface area contributed by atoms with Crippen molar-refractivity contribution in [1.29, 1.82) is 10.5 Å². The summed E-state index contributed by atoms with van der Waals surface area (Å²) in [5.74, 6) is 0.373. The molecular weight excluding hydrogens is 597 g/mol. The zero-order chi connectivity index (χ0) is 32.4. The number of fused-ring (bicyclic) bond motifs is 1. The molecule has 4 heterocycles. The van der Waals surface area contributed by atoms with Crippen LogP contribution in [0.25, 0.3) is 22.5 Å². The van der Waals surface area contributed by atoms with Crippen LogP contribution in [0.3, 0.4) is 0 Å². The van der Waals surface area contributed by atoms with Crippen LogP contribution >= 0.6 is 0 Å². The fraction of sp³-hybridized carbons (Fsp3) is 0.312. The summed E-state index contributed by atoms with van der Waals surface area (Å²) in [7, 11) is 1.78. The van der Waals surface area contributed by atoms with Gasteiger partial charge >= 0.3 is 6.18 Å². The fourth-order valence-corrected chi connectivity index (χ4v) is 5.85. The molecule has 1 saturated heterocycles. The van der Waals surface area contributed by atoms with Gasteiger partial charge in [-0.05, 0) is 64.7 Å². The second-order valence-corrected chi connectivity index (χ2v) is 11.2. The van der Waals surface area contributed by atoms with Gasteiger partial charge in [0.25, 0.3) is 5.91 Å². The Hall–Kier alpha value is -5.31. The number of nitrogens with one attached hydrogen (secondary N) is 2. The quantitative estimate of drug-likeness (QED) is 0.274. The van der Waals surface area contributed by atoms with Gasteiger partial charge in [0.2, 0.25) is 0 Å². The maximum atomic E-state index is 14.4. The minimum absolute atomic E-state index is 0.00240. The SMILES string of the molecule is Cn1cnnc1-c1ccc(C#N)cc1-c1cc(NCCC#N)nc(N2Cc3c(cc(CN4CCNCC4)cc3C(F)(F)F)C2=O)c1. The van der Waals surface area contributed by atoms with Crippen molar-refractivity contribution in [3.8, 4) is 34.7 Å². The second kappa shape index (κ2) is 12.6. The summed E-state index contributed by atoms with van der Waals surface area (Å²) >= 11 is 0. The van der Waals surface area contributed by atoms with Crippen molar-refractivity contribution in [2.75, 3.05) is 42.9 Å². The first-order chi connectivity index (χ1) is 22.2. The van der Waals surface area contributed by atoms with Crippen molar-refractivity contribution in [2.24, 2.45) is 7.05 Å². The lowest BCUT2D eigenvalue weighted by molar-refractivity contribution is -0.138. The van der Waals surface area contributed by atoms with E-state index in [0.29, 0.717) is 59.1 Å².